The highest BCUT2D eigenvalue weighted by atomic mass is 79.9. The minimum absolute atomic E-state index is 0.0201. The summed E-state index contributed by atoms with van der Waals surface area (Å²) in [6.45, 7) is 4.45. The summed E-state index contributed by atoms with van der Waals surface area (Å²) in [6.07, 6.45) is 0.990. The molecule has 0 aliphatic heterocycles. The number of nitrogens with one attached hydrogen (secondary N) is 2. The van der Waals surface area contributed by atoms with Crippen LogP contribution in [0.4, 0.5) is 0 Å². The van der Waals surface area contributed by atoms with Crippen molar-refractivity contribution in [2.45, 2.75) is 32.2 Å². The third-order valence-corrected chi connectivity index (χ3v) is 5.03. The van der Waals surface area contributed by atoms with Crippen LogP contribution >= 0.6 is 27.3 Å². The molecule has 0 bridgehead atoms. The second-order valence-corrected chi connectivity index (χ2v) is 7.88. The molecule has 6 heteroatoms. The van der Waals surface area contributed by atoms with Crippen LogP contribution in [0.15, 0.2) is 46.3 Å². The molecule has 4 nitrogen and oxygen atoms in total. The predicted molar refractivity (Wildman–Crippen MR) is 101 cm³/mol. The van der Waals surface area contributed by atoms with E-state index in [1.54, 1.807) is 6.07 Å². The fourth-order valence-corrected chi connectivity index (χ4v) is 3.20. The Hall–Kier alpha value is -1.66. The summed E-state index contributed by atoms with van der Waals surface area (Å²) < 4.78 is 1.01. The largest absolute Gasteiger partial charge is 0.351 e. The molecular weight excluding hydrogens is 388 g/mol. The molecule has 128 valence electrons. The van der Waals surface area contributed by atoms with Crippen LogP contribution in [0.3, 0.4) is 0 Å². The lowest BCUT2D eigenvalue weighted by molar-refractivity contribution is -0.122. The number of hydrogen-bond donors (Lipinski definition) is 2. The van der Waals surface area contributed by atoms with Gasteiger partial charge in [0.2, 0.25) is 5.91 Å². The molecule has 0 saturated heterocycles. The first kappa shape index (κ1) is 18.7. The number of rotatable bonds is 7. The second-order valence-electron chi connectivity index (χ2n) is 6.02. The number of halogens is 1. The molecule has 24 heavy (non-hydrogen) atoms. The maximum atomic E-state index is 12.1. The summed E-state index contributed by atoms with van der Waals surface area (Å²) in [7, 11) is 0. The van der Waals surface area contributed by atoms with Gasteiger partial charge in [-0.3, -0.25) is 9.59 Å². The zero-order valence-electron chi connectivity index (χ0n) is 13.8. The Morgan fingerprint density at radius 2 is 1.88 bits per heavy atom. The molecule has 1 aromatic heterocycles. The Kier molecular flexibility index (Phi) is 6.57. The van der Waals surface area contributed by atoms with E-state index in [0.29, 0.717) is 24.3 Å². The maximum Gasteiger partial charge on any atom is 0.261 e. The predicted octanol–water partition coefficient (Wildman–Crippen LogP) is 4.07. The van der Waals surface area contributed by atoms with E-state index in [2.05, 4.69) is 26.6 Å². The van der Waals surface area contributed by atoms with Crippen molar-refractivity contribution in [1.82, 2.24) is 10.6 Å². The van der Waals surface area contributed by atoms with Gasteiger partial charge in [0.15, 0.2) is 0 Å². The van der Waals surface area contributed by atoms with Crippen molar-refractivity contribution < 1.29 is 9.59 Å². The van der Waals surface area contributed by atoms with Gasteiger partial charge in [0.1, 0.15) is 0 Å². The summed E-state index contributed by atoms with van der Waals surface area (Å²) >= 11 is 4.82. The molecule has 0 saturated carbocycles. The van der Waals surface area contributed by atoms with Crippen LogP contribution < -0.4 is 10.6 Å². The van der Waals surface area contributed by atoms with Crippen LogP contribution in [-0.4, -0.2) is 18.4 Å². The van der Waals surface area contributed by atoms with Gasteiger partial charge in [0.05, 0.1) is 10.4 Å². The van der Waals surface area contributed by atoms with Crippen LogP contribution in [0.5, 0.6) is 0 Å². The van der Waals surface area contributed by atoms with E-state index in [-0.39, 0.29) is 11.8 Å². The standard InChI is InChI=1S/C18H21BrN2O2S/c1-18(2,13-7-9-14(19)10-8-13)21-16(22)6-3-11-20-17(23)15-5-4-12-24-15/h4-5,7-10,12H,3,6,11H2,1-2H3,(H,20,23)(H,21,22). The second kappa shape index (κ2) is 8.44. The monoisotopic (exact) mass is 408 g/mol. The smallest absolute Gasteiger partial charge is 0.261 e. The first-order valence-corrected chi connectivity index (χ1v) is 9.44. The van der Waals surface area contributed by atoms with E-state index in [1.807, 2.05) is 49.6 Å². The molecule has 0 fully saturated rings. The lowest BCUT2D eigenvalue weighted by Gasteiger charge is -2.27. The number of hydrogen-bond acceptors (Lipinski definition) is 3. The summed E-state index contributed by atoms with van der Waals surface area (Å²) in [5.41, 5.74) is 0.614. The van der Waals surface area contributed by atoms with Gasteiger partial charge in [0.25, 0.3) is 5.91 Å². The van der Waals surface area contributed by atoms with Gasteiger partial charge in [-0.1, -0.05) is 34.1 Å². The minimum atomic E-state index is -0.433. The number of carbonyl (C=O) groups is 2. The molecule has 0 atom stereocenters. The van der Waals surface area contributed by atoms with Crippen LogP contribution in [0, 0.1) is 0 Å². The van der Waals surface area contributed by atoms with Crippen molar-refractivity contribution in [3.8, 4) is 0 Å². The van der Waals surface area contributed by atoms with Gasteiger partial charge < -0.3 is 10.6 Å². The van der Waals surface area contributed by atoms with E-state index < -0.39 is 5.54 Å². The van der Waals surface area contributed by atoms with Crippen LogP contribution in [0.25, 0.3) is 0 Å². The Labute approximate surface area is 154 Å². The third kappa shape index (κ3) is 5.46. The zero-order valence-corrected chi connectivity index (χ0v) is 16.2. The van der Waals surface area contributed by atoms with Gasteiger partial charge >= 0.3 is 0 Å². The van der Waals surface area contributed by atoms with Crippen molar-refractivity contribution in [2.24, 2.45) is 0 Å². The Morgan fingerprint density at radius 3 is 2.50 bits per heavy atom. The zero-order chi connectivity index (χ0) is 17.6. The number of benzene rings is 1. The first-order chi connectivity index (χ1) is 11.4. The highest BCUT2D eigenvalue weighted by molar-refractivity contribution is 9.10. The van der Waals surface area contributed by atoms with E-state index in [9.17, 15) is 9.59 Å². The number of amides is 2. The molecule has 2 rings (SSSR count). The maximum absolute atomic E-state index is 12.1. The van der Waals surface area contributed by atoms with Gasteiger partial charge in [-0.25, -0.2) is 0 Å². The molecule has 0 unspecified atom stereocenters. The Bertz CT molecular complexity index is 682. The lowest BCUT2D eigenvalue weighted by Crippen LogP contribution is -2.41. The molecule has 1 aromatic carbocycles. The fourth-order valence-electron chi connectivity index (χ4n) is 2.30. The Balaban J connectivity index is 1.74. The van der Waals surface area contributed by atoms with Crippen LogP contribution in [0.1, 0.15) is 41.9 Å². The van der Waals surface area contributed by atoms with E-state index >= 15 is 0 Å². The van der Waals surface area contributed by atoms with Crippen molar-refractivity contribution in [3.63, 3.8) is 0 Å². The molecular formula is C18H21BrN2O2S. The molecule has 2 amide bonds. The van der Waals surface area contributed by atoms with Crippen molar-refractivity contribution in [2.75, 3.05) is 6.54 Å². The minimum Gasteiger partial charge on any atom is -0.351 e. The average Bonchev–Trinajstić information content (AvgIpc) is 3.06. The van der Waals surface area contributed by atoms with Crippen molar-refractivity contribution in [3.05, 3.63) is 56.7 Å². The molecule has 1 heterocycles. The summed E-state index contributed by atoms with van der Waals surface area (Å²) in [5, 5.41) is 7.74. The van der Waals surface area contributed by atoms with E-state index in [1.165, 1.54) is 11.3 Å². The van der Waals surface area contributed by atoms with E-state index in [0.717, 1.165) is 10.0 Å². The molecule has 0 aliphatic rings. The molecule has 2 N–H and O–H groups in total. The van der Waals surface area contributed by atoms with Crippen molar-refractivity contribution in [1.29, 1.82) is 0 Å². The summed E-state index contributed by atoms with van der Waals surface area (Å²) in [6, 6.07) is 11.5. The molecule has 0 radical (unpaired) electrons. The third-order valence-electron chi connectivity index (χ3n) is 3.63. The van der Waals surface area contributed by atoms with Gasteiger partial charge in [-0.2, -0.15) is 0 Å². The average molecular weight is 409 g/mol. The highest BCUT2D eigenvalue weighted by Gasteiger charge is 2.22. The SMILES string of the molecule is CC(C)(NC(=O)CCCNC(=O)c1cccs1)c1ccc(Br)cc1. The summed E-state index contributed by atoms with van der Waals surface area (Å²) in [5.74, 6) is -0.103. The number of carbonyl (C=O) groups excluding carboxylic acids is 2. The molecule has 0 aliphatic carbocycles. The van der Waals surface area contributed by atoms with Gasteiger partial charge in [-0.05, 0) is 49.4 Å². The van der Waals surface area contributed by atoms with Crippen molar-refractivity contribution >= 4 is 39.1 Å². The summed E-state index contributed by atoms with van der Waals surface area (Å²) in [4.78, 5) is 24.6. The highest BCUT2D eigenvalue weighted by Crippen LogP contribution is 2.22. The van der Waals surface area contributed by atoms with E-state index in [4.69, 9.17) is 0 Å². The van der Waals surface area contributed by atoms with Crippen LogP contribution in [0.2, 0.25) is 0 Å². The van der Waals surface area contributed by atoms with Gasteiger partial charge in [0, 0.05) is 17.4 Å². The topological polar surface area (TPSA) is 58.2 Å². The van der Waals surface area contributed by atoms with Crippen LogP contribution in [-0.2, 0) is 10.3 Å². The lowest BCUT2D eigenvalue weighted by atomic mass is 9.94. The quantitative estimate of drug-likeness (QED) is 0.678. The first-order valence-electron chi connectivity index (χ1n) is 7.77. The normalized spacial score (nSPS) is 11.1. The molecule has 2 aromatic rings. The van der Waals surface area contributed by atoms with Gasteiger partial charge in [-0.15, -0.1) is 11.3 Å². The Morgan fingerprint density at radius 1 is 1.17 bits per heavy atom. The fraction of sp³-hybridized carbons (Fsp3) is 0.333. The molecule has 0 spiro atoms. The number of thiophene rings is 1.